The Morgan fingerprint density at radius 2 is 1.22 bits per heavy atom. The fourth-order valence-electron chi connectivity index (χ4n) is 8.16. The molecular weight excluding hydrogens is 496 g/mol. The van der Waals surface area contributed by atoms with Crippen LogP contribution in [0, 0.1) is 0 Å². The van der Waals surface area contributed by atoms with E-state index in [4.69, 9.17) is 0 Å². The molecule has 0 N–H and O–H groups in total. The number of fused-ring (bicyclic) bond motifs is 13. The predicted molar refractivity (Wildman–Crippen MR) is 173 cm³/mol. The lowest BCUT2D eigenvalue weighted by Gasteiger charge is -2.22. The first-order chi connectivity index (χ1) is 20.1. The van der Waals surface area contributed by atoms with Crippen LogP contribution in [0.4, 0.5) is 0 Å². The van der Waals surface area contributed by atoms with E-state index in [1.54, 1.807) is 0 Å². The number of rotatable bonds is 1. The molecule has 3 aromatic heterocycles. The third kappa shape index (κ3) is 2.46. The summed E-state index contributed by atoms with van der Waals surface area (Å²) in [6, 6.07) is 45.0. The molecule has 1 aliphatic carbocycles. The average Bonchev–Trinajstić information content (AvgIpc) is 3.70. The van der Waals surface area contributed by atoms with E-state index in [-0.39, 0.29) is 5.41 Å². The van der Waals surface area contributed by atoms with Gasteiger partial charge in [0.25, 0.3) is 0 Å². The molecule has 1 aliphatic rings. The van der Waals surface area contributed by atoms with E-state index < -0.39 is 0 Å². The van der Waals surface area contributed by atoms with Crippen molar-refractivity contribution in [2.75, 3.05) is 0 Å². The normalized spacial score (nSPS) is 14.3. The van der Waals surface area contributed by atoms with Crippen LogP contribution < -0.4 is 0 Å². The Hall–Kier alpha value is -5.08. The van der Waals surface area contributed by atoms with Gasteiger partial charge in [0.15, 0.2) is 0 Å². The van der Waals surface area contributed by atoms with Crippen molar-refractivity contribution >= 4 is 59.9 Å². The molecule has 9 aromatic rings. The van der Waals surface area contributed by atoms with Crippen molar-refractivity contribution in [2.24, 2.45) is 0 Å². The molecule has 0 aliphatic heterocycles. The van der Waals surface area contributed by atoms with Crippen molar-refractivity contribution in [3.05, 3.63) is 132 Å². The molecule has 10 rings (SSSR count). The summed E-state index contributed by atoms with van der Waals surface area (Å²) in [6.45, 7) is 4.79. The zero-order chi connectivity index (χ0) is 27.0. The summed E-state index contributed by atoms with van der Waals surface area (Å²) in [5, 5.41) is 7.99. The fraction of sp³-hybridized carbons (Fsp3) is 0.0769. The summed E-state index contributed by atoms with van der Waals surface area (Å²) in [5.41, 5.74) is 13.1. The lowest BCUT2D eigenvalue weighted by molar-refractivity contribution is 0.666. The fourth-order valence-corrected chi connectivity index (χ4v) is 8.16. The van der Waals surface area contributed by atoms with E-state index in [2.05, 4.69) is 144 Å². The maximum absolute atomic E-state index is 2.54. The Morgan fingerprint density at radius 1 is 0.488 bits per heavy atom. The van der Waals surface area contributed by atoms with E-state index in [1.807, 2.05) is 0 Å². The summed E-state index contributed by atoms with van der Waals surface area (Å²) in [5.74, 6) is 0. The molecule has 0 amide bonds. The molecule has 41 heavy (non-hydrogen) atoms. The topological polar surface area (TPSA) is 9.34 Å². The maximum atomic E-state index is 2.54. The highest BCUT2D eigenvalue weighted by atomic mass is 15.0. The van der Waals surface area contributed by atoms with Gasteiger partial charge in [0, 0.05) is 43.4 Å². The minimum Gasteiger partial charge on any atom is -0.309 e. The van der Waals surface area contributed by atoms with Crippen molar-refractivity contribution in [1.82, 2.24) is 8.97 Å². The maximum Gasteiger partial charge on any atom is 0.0620 e. The van der Waals surface area contributed by atoms with Gasteiger partial charge in [-0.15, -0.1) is 0 Å². The molecule has 192 valence electrons. The molecule has 0 fully saturated rings. The molecular formula is C39H26N2. The molecule has 0 unspecified atom stereocenters. The van der Waals surface area contributed by atoms with E-state index in [0.717, 1.165) is 0 Å². The minimum absolute atomic E-state index is 0.0632. The number of benzene rings is 6. The van der Waals surface area contributed by atoms with Crippen molar-refractivity contribution in [2.45, 2.75) is 19.3 Å². The number of para-hydroxylation sites is 3. The van der Waals surface area contributed by atoms with E-state index in [1.165, 1.54) is 87.8 Å². The van der Waals surface area contributed by atoms with Gasteiger partial charge in [0.1, 0.15) is 0 Å². The van der Waals surface area contributed by atoms with Gasteiger partial charge in [-0.05, 0) is 58.7 Å². The lowest BCUT2D eigenvalue weighted by Crippen LogP contribution is -2.15. The van der Waals surface area contributed by atoms with Gasteiger partial charge >= 0.3 is 0 Å². The van der Waals surface area contributed by atoms with Crippen molar-refractivity contribution in [3.63, 3.8) is 0 Å². The Bertz CT molecular complexity index is 2540. The van der Waals surface area contributed by atoms with Crippen LogP contribution in [-0.4, -0.2) is 8.97 Å². The second-order valence-electron chi connectivity index (χ2n) is 12.2. The summed E-state index contributed by atoms with van der Waals surface area (Å²) in [4.78, 5) is 0. The molecule has 0 bridgehead atoms. The summed E-state index contributed by atoms with van der Waals surface area (Å²) >= 11 is 0. The van der Waals surface area contributed by atoms with Gasteiger partial charge in [-0.25, -0.2) is 0 Å². The van der Waals surface area contributed by atoms with Crippen LogP contribution in [0.25, 0.3) is 76.7 Å². The molecule has 0 saturated carbocycles. The van der Waals surface area contributed by atoms with Crippen molar-refractivity contribution in [1.29, 1.82) is 0 Å². The molecule has 3 heterocycles. The highest BCUT2D eigenvalue weighted by molar-refractivity contribution is 6.27. The standard InChI is InChI=1S/C39H26N2/c1-39(2)31-17-8-6-13-24(31)26-19-20-33-36(37(26)39)28-16-10-15-27-30-21-29-25-14-7-9-18-32(25)40(23-11-4-3-5-12-23)34(29)22-35(30)41(33)38(27)28/h3-22H,1-2H3. The minimum atomic E-state index is -0.0632. The van der Waals surface area contributed by atoms with Gasteiger partial charge in [-0.1, -0.05) is 98.8 Å². The van der Waals surface area contributed by atoms with Crippen LogP contribution in [-0.2, 0) is 5.41 Å². The Labute approximate surface area is 237 Å². The number of hydrogen-bond donors (Lipinski definition) is 0. The third-order valence-electron chi connectivity index (χ3n) is 9.80. The molecule has 2 heteroatoms. The van der Waals surface area contributed by atoms with Crippen LogP contribution in [0.15, 0.2) is 121 Å². The first-order valence-electron chi connectivity index (χ1n) is 14.5. The zero-order valence-electron chi connectivity index (χ0n) is 22.9. The lowest BCUT2D eigenvalue weighted by atomic mass is 9.80. The molecule has 0 saturated heterocycles. The van der Waals surface area contributed by atoms with Crippen LogP contribution in [0.5, 0.6) is 0 Å². The average molecular weight is 523 g/mol. The smallest absolute Gasteiger partial charge is 0.0620 e. The number of nitrogens with zero attached hydrogens (tertiary/aromatic N) is 2. The van der Waals surface area contributed by atoms with E-state index >= 15 is 0 Å². The molecule has 6 aromatic carbocycles. The quantitative estimate of drug-likeness (QED) is 0.203. The molecule has 2 nitrogen and oxygen atoms in total. The Morgan fingerprint density at radius 3 is 2.12 bits per heavy atom. The van der Waals surface area contributed by atoms with Gasteiger partial charge in [-0.3, -0.25) is 0 Å². The monoisotopic (exact) mass is 522 g/mol. The second-order valence-corrected chi connectivity index (χ2v) is 12.2. The first kappa shape index (κ1) is 21.7. The van der Waals surface area contributed by atoms with Crippen LogP contribution >= 0.6 is 0 Å². The molecule has 0 radical (unpaired) electrons. The highest BCUT2D eigenvalue weighted by Crippen LogP contribution is 2.54. The van der Waals surface area contributed by atoms with Gasteiger partial charge in [-0.2, -0.15) is 0 Å². The largest absolute Gasteiger partial charge is 0.309 e. The SMILES string of the molecule is CC1(C)c2ccccc2-c2ccc3c(c21)c1cccc2c4cc5c6ccccc6n(-c6ccccc6)c5cc4n3c21. The highest BCUT2D eigenvalue weighted by Gasteiger charge is 2.38. The number of aromatic nitrogens is 2. The Kier molecular flexibility index (Phi) is 3.79. The van der Waals surface area contributed by atoms with Crippen molar-refractivity contribution in [3.8, 4) is 16.8 Å². The predicted octanol–water partition coefficient (Wildman–Crippen LogP) is 10.2. The summed E-state index contributed by atoms with van der Waals surface area (Å²) in [7, 11) is 0. The van der Waals surface area contributed by atoms with E-state index in [9.17, 15) is 0 Å². The summed E-state index contributed by atoms with van der Waals surface area (Å²) in [6.07, 6.45) is 0. The van der Waals surface area contributed by atoms with E-state index in [0.29, 0.717) is 0 Å². The first-order valence-corrected chi connectivity index (χ1v) is 14.5. The van der Waals surface area contributed by atoms with Gasteiger partial charge in [0.05, 0.1) is 27.6 Å². The summed E-state index contributed by atoms with van der Waals surface area (Å²) < 4.78 is 4.97. The number of hydrogen-bond acceptors (Lipinski definition) is 0. The zero-order valence-corrected chi connectivity index (χ0v) is 22.9. The third-order valence-corrected chi connectivity index (χ3v) is 9.80. The van der Waals surface area contributed by atoms with Crippen LogP contribution in [0.3, 0.4) is 0 Å². The van der Waals surface area contributed by atoms with Gasteiger partial charge in [0.2, 0.25) is 0 Å². The Balaban J connectivity index is 1.41. The van der Waals surface area contributed by atoms with Crippen molar-refractivity contribution < 1.29 is 0 Å². The van der Waals surface area contributed by atoms with Crippen LogP contribution in [0.2, 0.25) is 0 Å². The second kappa shape index (κ2) is 7.16. The van der Waals surface area contributed by atoms with Gasteiger partial charge < -0.3 is 8.97 Å². The molecule has 0 atom stereocenters. The van der Waals surface area contributed by atoms with Crippen LogP contribution in [0.1, 0.15) is 25.0 Å². The molecule has 0 spiro atoms.